The van der Waals surface area contributed by atoms with Crippen LogP contribution in [0, 0.1) is 0 Å². The summed E-state index contributed by atoms with van der Waals surface area (Å²) in [6.07, 6.45) is 9.28. The van der Waals surface area contributed by atoms with E-state index in [0.29, 0.717) is 18.5 Å². The third-order valence-corrected chi connectivity index (χ3v) is 13.3. The van der Waals surface area contributed by atoms with Crippen molar-refractivity contribution in [3.05, 3.63) is 167 Å². The number of rotatable bonds is 11. The Morgan fingerprint density at radius 1 is 0.655 bits per heavy atom. The van der Waals surface area contributed by atoms with E-state index in [0.717, 1.165) is 79.8 Å². The van der Waals surface area contributed by atoms with Gasteiger partial charge >= 0.3 is 0 Å². The SMILES string of the molecule is O=C(N[C@H](C(=O)N1CCC[C@H]1c1ncc(-c2ccc(-c3ccc(-c4cnc([C@@H]5CCCN5C(=O)Cc5ccccc5)s4)cc3)cc2)s1)c1ccccc1)c1ccco1. The summed E-state index contributed by atoms with van der Waals surface area (Å²) in [4.78, 5) is 56.0. The molecule has 290 valence electrons. The summed E-state index contributed by atoms with van der Waals surface area (Å²) >= 11 is 3.28. The molecule has 0 radical (unpaired) electrons. The maximum absolute atomic E-state index is 14.2. The highest BCUT2D eigenvalue weighted by molar-refractivity contribution is 7.15. The fourth-order valence-electron chi connectivity index (χ4n) is 7.99. The van der Waals surface area contributed by atoms with E-state index in [1.54, 1.807) is 34.8 Å². The smallest absolute Gasteiger partial charge is 0.287 e. The molecule has 4 aromatic carbocycles. The molecule has 0 spiro atoms. The molecule has 3 aromatic heterocycles. The summed E-state index contributed by atoms with van der Waals surface area (Å²) in [5, 5.41) is 4.80. The zero-order valence-corrected chi connectivity index (χ0v) is 33.3. The number of nitrogens with one attached hydrogen (secondary N) is 1. The molecule has 2 fully saturated rings. The molecule has 9 nitrogen and oxygen atoms in total. The van der Waals surface area contributed by atoms with Crippen LogP contribution in [-0.4, -0.2) is 50.6 Å². The van der Waals surface area contributed by atoms with Gasteiger partial charge in [0.1, 0.15) is 16.1 Å². The van der Waals surface area contributed by atoms with Gasteiger partial charge in [-0.3, -0.25) is 14.4 Å². The fourth-order valence-corrected chi connectivity index (χ4v) is 10.1. The average molecular weight is 804 g/mol. The van der Waals surface area contributed by atoms with Crippen molar-refractivity contribution in [3.63, 3.8) is 0 Å². The number of carbonyl (C=O) groups excluding carboxylic acids is 3. The Morgan fingerprint density at radius 2 is 1.19 bits per heavy atom. The highest BCUT2D eigenvalue weighted by Crippen LogP contribution is 2.40. The molecule has 58 heavy (non-hydrogen) atoms. The van der Waals surface area contributed by atoms with Gasteiger partial charge in [-0.05, 0) is 71.2 Å². The molecule has 0 bridgehead atoms. The number of aromatic nitrogens is 2. The predicted octanol–water partition coefficient (Wildman–Crippen LogP) is 9.93. The van der Waals surface area contributed by atoms with E-state index in [1.807, 2.05) is 82.9 Å². The first-order chi connectivity index (χ1) is 28.5. The molecule has 0 unspecified atom stereocenters. The lowest BCUT2D eigenvalue weighted by Gasteiger charge is -2.28. The normalized spacial score (nSPS) is 17.0. The maximum Gasteiger partial charge on any atom is 0.287 e. The monoisotopic (exact) mass is 803 g/mol. The molecule has 2 aliphatic heterocycles. The van der Waals surface area contributed by atoms with E-state index in [1.165, 1.54) is 6.26 Å². The number of thiazole rings is 2. The topological polar surface area (TPSA) is 109 Å². The number of hydrogen-bond acceptors (Lipinski definition) is 8. The van der Waals surface area contributed by atoms with Gasteiger partial charge < -0.3 is 19.5 Å². The van der Waals surface area contributed by atoms with Crippen LogP contribution in [0.3, 0.4) is 0 Å². The molecule has 0 saturated carbocycles. The second-order valence-electron chi connectivity index (χ2n) is 14.7. The summed E-state index contributed by atoms with van der Waals surface area (Å²) in [7, 11) is 0. The van der Waals surface area contributed by atoms with Crippen LogP contribution in [0.5, 0.6) is 0 Å². The molecular weight excluding hydrogens is 763 g/mol. The zero-order chi connectivity index (χ0) is 39.4. The number of benzene rings is 4. The molecule has 3 atom stereocenters. The van der Waals surface area contributed by atoms with E-state index < -0.39 is 11.9 Å². The number of amides is 3. The van der Waals surface area contributed by atoms with Crippen molar-refractivity contribution in [1.29, 1.82) is 0 Å². The van der Waals surface area contributed by atoms with Crippen LogP contribution in [0.25, 0.3) is 32.0 Å². The van der Waals surface area contributed by atoms with Crippen LogP contribution >= 0.6 is 22.7 Å². The summed E-state index contributed by atoms with van der Waals surface area (Å²) < 4.78 is 5.31. The van der Waals surface area contributed by atoms with Crippen molar-refractivity contribution in [2.24, 2.45) is 0 Å². The van der Waals surface area contributed by atoms with Crippen LogP contribution < -0.4 is 5.32 Å². The van der Waals surface area contributed by atoms with Gasteiger partial charge in [0.15, 0.2) is 5.76 Å². The first-order valence-electron chi connectivity index (χ1n) is 19.6. The van der Waals surface area contributed by atoms with Crippen molar-refractivity contribution in [2.75, 3.05) is 13.1 Å². The summed E-state index contributed by atoms with van der Waals surface area (Å²) in [5.41, 5.74) is 6.15. The van der Waals surface area contributed by atoms with Crippen molar-refractivity contribution in [1.82, 2.24) is 25.1 Å². The average Bonchev–Trinajstić information content (AvgIpc) is 4.13. The van der Waals surface area contributed by atoms with Gasteiger partial charge in [-0.1, -0.05) is 109 Å². The molecule has 11 heteroatoms. The summed E-state index contributed by atoms with van der Waals surface area (Å²) in [5.74, 6) is -0.283. The molecule has 2 aliphatic rings. The lowest BCUT2D eigenvalue weighted by Crippen LogP contribution is -2.42. The van der Waals surface area contributed by atoms with Crippen molar-refractivity contribution in [3.8, 4) is 32.0 Å². The Labute approximate surface area is 345 Å². The predicted molar refractivity (Wildman–Crippen MR) is 227 cm³/mol. The van der Waals surface area contributed by atoms with Crippen molar-refractivity contribution >= 4 is 40.4 Å². The lowest BCUT2D eigenvalue weighted by atomic mass is 10.0. The van der Waals surface area contributed by atoms with E-state index in [-0.39, 0.29) is 29.7 Å². The van der Waals surface area contributed by atoms with Crippen LogP contribution in [0.2, 0.25) is 0 Å². The number of hydrogen-bond donors (Lipinski definition) is 1. The van der Waals surface area contributed by atoms with Gasteiger partial charge in [0.05, 0.1) is 34.5 Å². The number of carbonyl (C=O) groups is 3. The van der Waals surface area contributed by atoms with Crippen LogP contribution in [0.15, 0.2) is 144 Å². The first kappa shape index (κ1) is 37.4. The summed E-state index contributed by atoms with van der Waals surface area (Å²) in [6.45, 7) is 1.36. The van der Waals surface area contributed by atoms with E-state index >= 15 is 0 Å². The minimum absolute atomic E-state index is 0.0291. The minimum atomic E-state index is -0.856. The van der Waals surface area contributed by atoms with Crippen LogP contribution in [0.1, 0.15) is 75.5 Å². The Morgan fingerprint density at radius 3 is 1.76 bits per heavy atom. The Balaban J connectivity index is 0.856. The Kier molecular flexibility index (Phi) is 10.8. The molecule has 0 aliphatic carbocycles. The lowest BCUT2D eigenvalue weighted by molar-refractivity contribution is -0.134. The Hall–Kier alpha value is -6.17. The molecule has 5 heterocycles. The van der Waals surface area contributed by atoms with Gasteiger partial charge in [-0.2, -0.15) is 0 Å². The second-order valence-corrected chi connectivity index (χ2v) is 16.8. The van der Waals surface area contributed by atoms with Crippen molar-refractivity contribution in [2.45, 2.75) is 50.2 Å². The zero-order valence-electron chi connectivity index (χ0n) is 31.7. The van der Waals surface area contributed by atoms with E-state index in [2.05, 4.69) is 53.8 Å². The standard InChI is InChI=1S/C47H41N5O4S2/c53-42(28-31-10-3-1-4-11-31)51-25-7-14-37(51)45-48-29-40(57-45)34-21-17-32(18-22-34)33-19-23-35(24-20-33)41-30-49-46(58-41)38-15-8-26-52(38)47(55)43(36-12-5-2-6-13-36)50-44(54)39-16-9-27-56-39/h1-6,9-13,16-24,27,29-30,37-38,43H,7-8,14-15,25-26,28H2,(H,50,54)/t37-,38-,43-/m0/s1. The van der Waals surface area contributed by atoms with E-state index in [9.17, 15) is 14.4 Å². The molecule has 3 amide bonds. The number of likely N-dealkylation sites (tertiary alicyclic amines) is 2. The van der Waals surface area contributed by atoms with Crippen LogP contribution in [0.4, 0.5) is 0 Å². The van der Waals surface area contributed by atoms with Gasteiger partial charge in [-0.25, -0.2) is 9.97 Å². The molecular formula is C47H41N5O4S2. The highest BCUT2D eigenvalue weighted by Gasteiger charge is 2.37. The highest BCUT2D eigenvalue weighted by atomic mass is 32.1. The number of nitrogens with zero attached hydrogens (tertiary/aromatic N) is 4. The molecule has 1 N–H and O–H groups in total. The van der Waals surface area contributed by atoms with Crippen molar-refractivity contribution < 1.29 is 18.8 Å². The van der Waals surface area contributed by atoms with Gasteiger partial charge in [0.25, 0.3) is 5.91 Å². The largest absolute Gasteiger partial charge is 0.459 e. The fraction of sp³-hybridized carbons (Fsp3) is 0.213. The maximum atomic E-state index is 14.2. The van der Waals surface area contributed by atoms with Gasteiger partial charge in [0, 0.05) is 25.5 Å². The van der Waals surface area contributed by atoms with E-state index in [4.69, 9.17) is 14.4 Å². The second kappa shape index (κ2) is 16.7. The Bertz CT molecular complexity index is 2500. The molecule has 2 saturated heterocycles. The third kappa shape index (κ3) is 7.88. The third-order valence-electron chi connectivity index (χ3n) is 11.0. The van der Waals surface area contributed by atoms with Gasteiger partial charge in [0.2, 0.25) is 11.8 Å². The van der Waals surface area contributed by atoms with Crippen LogP contribution in [-0.2, 0) is 16.0 Å². The molecule has 7 aromatic rings. The summed E-state index contributed by atoms with van der Waals surface area (Å²) in [6, 6.07) is 38.6. The quantitative estimate of drug-likeness (QED) is 0.140. The van der Waals surface area contributed by atoms with Gasteiger partial charge in [-0.15, -0.1) is 22.7 Å². The molecule has 9 rings (SSSR count). The first-order valence-corrected chi connectivity index (χ1v) is 21.3. The minimum Gasteiger partial charge on any atom is -0.459 e. The number of furan rings is 1.